The maximum Gasteiger partial charge on any atom is 0.144 e. The van der Waals surface area contributed by atoms with Crippen LogP contribution in [-0.4, -0.2) is 0 Å². The average Bonchev–Trinajstić information content (AvgIpc) is 2.37. The fraction of sp³-hybridized carbons (Fsp3) is 0.200. The third-order valence-corrected chi connectivity index (χ3v) is 3.55. The second-order valence-corrected chi connectivity index (χ2v) is 5.46. The van der Waals surface area contributed by atoms with Gasteiger partial charge in [0.15, 0.2) is 0 Å². The predicted molar refractivity (Wildman–Crippen MR) is 77.9 cm³/mol. The third-order valence-electron chi connectivity index (χ3n) is 2.89. The highest BCUT2D eigenvalue weighted by molar-refractivity contribution is 9.10. The van der Waals surface area contributed by atoms with Crippen molar-refractivity contribution in [2.24, 2.45) is 5.73 Å². The molecule has 106 valence electrons. The molecule has 2 rings (SSSR count). The SMILES string of the molecule is Cc1cc(Oc2cc(F)ccc2Br)c([C@H](C)N)cc1F. The standard InChI is InChI=1S/C15H14BrF2NO/c1-8-5-14(11(9(2)19)7-13(8)18)20-15-6-10(17)3-4-12(15)16/h3-7,9H,19H2,1-2H3/t9-/m0/s1. The van der Waals surface area contributed by atoms with Gasteiger partial charge in [0.25, 0.3) is 0 Å². The minimum Gasteiger partial charge on any atom is -0.456 e. The van der Waals surface area contributed by atoms with Gasteiger partial charge in [-0.2, -0.15) is 0 Å². The predicted octanol–water partition coefficient (Wildman–Crippen LogP) is 4.85. The highest BCUT2D eigenvalue weighted by Crippen LogP contribution is 2.35. The Hall–Kier alpha value is -1.46. The van der Waals surface area contributed by atoms with Gasteiger partial charge in [-0.1, -0.05) is 0 Å². The van der Waals surface area contributed by atoms with Crippen molar-refractivity contribution in [2.75, 3.05) is 0 Å². The first-order chi connectivity index (χ1) is 9.38. The lowest BCUT2D eigenvalue weighted by Gasteiger charge is -2.16. The van der Waals surface area contributed by atoms with Crippen LogP contribution in [0, 0.1) is 18.6 Å². The van der Waals surface area contributed by atoms with E-state index < -0.39 is 11.9 Å². The Morgan fingerprint density at radius 1 is 1.15 bits per heavy atom. The Balaban J connectivity index is 2.47. The van der Waals surface area contributed by atoms with Gasteiger partial charge in [0.05, 0.1) is 4.47 Å². The first kappa shape index (κ1) is 14.9. The van der Waals surface area contributed by atoms with Gasteiger partial charge in [0.2, 0.25) is 0 Å². The first-order valence-corrected chi connectivity index (χ1v) is 6.86. The fourth-order valence-corrected chi connectivity index (χ4v) is 2.12. The van der Waals surface area contributed by atoms with Crippen molar-refractivity contribution in [3.8, 4) is 11.5 Å². The molecule has 0 aliphatic rings. The van der Waals surface area contributed by atoms with E-state index in [0.29, 0.717) is 27.1 Å². The fourth-order valence-electron chi connectivity index (χ4n) is 1.79. The molecule has 0 unspecified atom stereocenters. The van der Waals surface area contributed by atoms with Crippen molar-refractivity contribution in [2.45, 2.75) is 19.9 Å². The van der Waals surface area contributed by atoms with Crippen LogP contribution in [0.15, 0.2) is 34.8 Å². The highest BCUT2D eigenvalue weighted by Gasteiger charge is 2.14. The molecule has 2 N–H and O–H groups in total. The molecule has 0 bridgehead atoms. The molecule has 0 heterocycles. The van der Waals surface area contributed by atoms with Crippen LogP contribution >= 0.6 is 15.9 Å². The molecule has 0 amide bonds. The van der Waals surface area contributed by atoms with Crippen molar-refractivity contribution in [1.29, 1.82) is 0 Å². The lowest BCUT2D eigenvalue weighted by Crippen LogP contribution is -2.08. The minimum absolute atomic E-state index is 0.318. The Morgan fingerprint density at radius 3 is 2.50 bits per heavy atom. The zero-order valence-electron chi connectivity index (χ0n) is 11.1. The Kier molecular flexibility index (Phi) is 4.40. The summed E-state index contributed by atoms with van der Waals surface area (Å²) < 4.78 is 33.2. The number of nitrogens with two attached hydrogens (primary N) is 1. The van der Waals surface area contributed by atoms with Crippen LogP contribution in [-0.2, 0) is 0 Å². The van der Waals surface area contributed by atoms with Crippen LogP contribution in [0.25, 0.3) is 0 Å². The molecule has 0 radical (unpaired) electrons. The number of ether oxygens (including phenoxy) is 1. The summed E-state index contributed by atoms with van der Waals surface area (Å²) in [6, 6.07) is 6.64. The van der Waals surface area contributed by atoms with E-state index in [2.05, 4.69) is 15.9 Å². The second-order valence-electron chi connectivity index (χ2n) is 4.60. The first-order valence-electron chi connectivity index (χ1n) is 6.07. The van der Waals surface area contributed by atoms with E-state index in [1.54, 1.807) is 26.0 Å². The monoisotopic (exact) mass is 341 g/mol. The third kappa shape index (κ3) is 3.16. The zero-order chi connectivity index (χ0) is 14.9. The van der Waals surface area contributed by atoms with E-state index in [1.165, 1.54) is 18.2 Å². The van der Waals surface area contributed by atoms with Gasteiger partial charge in [-0.25, -0.2) is 8.78 Å². The molecule has 0 fully saturated rings. The summed E-state index contributed by atoms with van der Waals surface area (Å²) in [6.45, 7) is 3.37. The molecular weight excluding hydrogens is 328 g/mol. The number of aryl methyl sites for hydroxylation is 1. The molecule has 0 aliphatic heterocycles. The second kappa shape index (κ2) is 5.89. The Bertz CT molecular complexity index is 644. The summed E-state index contributed by atoms with van der Waals surface area (Å²) in [5, 5.41) is 0. The van der Waals surface area contributed by atoms with Gasteiger partial charge in [-0.05, 0) is 59.6 Å². The molecule has 0 aliphatic carbocycles. The van der Waals surface area contributed by atoms with Crippen molar-refractivity contribution in [3.05, 3.63) is 57.6 Å². The average molecular weight is 342 g/mol. The smallest absolute Gasteiger partial charge is 0.144 e. The van der Waals surface area contributed by atoms with Gasteiger partial charge in [0, 0.05) is 17.7 Å². The quantitative estimate of drug-likeness (QED) is 0.866. The summed E-state index contributed by atoms with van der Waals surface area (Å²) in [7, 11) is 0. The molecule has 2 aromatic carbocycles. The van der Waals surface area contributed by atoms with E-state index >= 15 is 0 Å². The van der Waals surface area contributed by atoms with E-state index in [-0.39, 0.29) is 5.82 Å². The van der Waals surface area contributed by atoms with Crippen LogP contribution in [0.5, 0.6) is 11.5 Å². The number of hydrogen-bond donors (Lipinski definition) is 1. The Labute approximate surface area is 124 Å². The Morgan fingerprint density at radius 2 is 1.85 bits per heavy atom. The van der Waals surface area contributed by atoms with Gasteiger partial charge < -0.3 is 10.5 Å². The maximum absolute atomic E-state index is 13.6. The van der Waals surface area contributed by atoms with Crippen LogP contribution in [0.1, 0.15) is 24.1 Å². The molecule has 0 saturated carbocycles. The highest BCUT2D eigenvalue weighted by atomic mass is 79.9. The molecule has 5 heteroatoms. The van der Waals surface area contributed by atoms with Crippen LogP contribution in [0.2, 0.25) is 0 Å². The minimum atomic E-state index is -0.413. The molecule has 20 heavy (non-hydrogen) atoms. The molecule has 0 aromatic heterocycles. The lowest BCUT2D eigenvalue weighted by molar-refractivity contribution is 0.460. The van der Waals surface area contributed by atoms with E-state index in [1.807, 2.05) is 0 Å². The zero-order valence-corrected chi connectivity index (χ0v) is 12.7. The van der Waals surface area contributed by atoms with Gasteiger partial charge in [0.1, 0.15) is 23.1 Å². The number of rotatable bonds is 3. The molecule has 2 nitrogen and oxygen atoms in total. The molecule has 1 atom stereocenters. The number of halogens is 3. The summed E-state index contributed by atoms with van der Waals surface area (Å²) in [5.41, 5.74) is 6.80. The molecular formula is C15H14BrF2NO. The topological polar surface area (TPSA) is 35.2 Å². The van der Waals surface area contributed by atoms with Crippen LogP contribution in [0.4, 0.5) is 8.78 Å². The summed E-state index contributed by atoms with van der Waals surface area (Å²) >= 11 is 3.29. The van der Waals surface area contributed by atoms with Gasteiger partial charge >= 0.3 is 0 Å². The summed E-state index contributed by atoms with van der Waals surface area (Å²) in [6.07, 6.45) is 0. The van der Waals surface area contributed by atoms with E-state index in [4.69, 9.17) is 10.5 Å². The summed E-state index contributed by atoms with van der Waals surface area (Å²) in [5.74, 6) is -0.0181. The van der Waals surface area contributed by atoms with Crippen molar-refractivity contribution in [1.82, 2.24) is 0 Å². The van der Waals surface area contributed by atoms with Gasteiger partial charge in [-0.3, -0.25) is 0 Å². The van der Waals surface area contributed by atoms with Gasteiger partial charge in [-0.15, -0.1) is 0 Å². The molecule has 0 spiro atoms. The maximum atomic E-state index is 13.6. The number of hydrogen-bond acceptors (Lipinski definition) is 2. The van der Waals surface area contributed by atoms with Crippen molar-refractivity contribution >= 4 is 15.9 Å². The summed E-state index contributed by atoms with van der Waals surface area (Å²) in [4.78, 5) is 0. The van der Waals surface area contributed by atoms with E-state index in [0.717, 1.165) is 0 Å². The lowest BCUT2D eigenvalue weighted by atomic mass is 10.1. The van der Waals surface area contributed by atoms with Crippen LogP contribution < -0.4 is 10.5 Å². The number of benzene rings is 2. The van der Waals surface area contributed by atoms with Crippen molar-refractivity contribution in [3.63, 3.8) is 0 Å². The molecule has 2 aromatic rings. The normalized spacial score (nSPS) is 12.3. The largest absolute Gasteiger partial charge is 0.456 e. The molecule has 0 saturated heterocycles. The van der Waals surface area contributed by atoms with E-state index in [9.17, 15) is 8.78 Å². The van der Waals surface area contributed by atoms with Crippen LogP contribution in [0.3, 0.4) is 0 Å². The van der Waals surface area contributed by atoms with Crippen molar-refractivity contribution < 1.29 is 13.5 Å².